The Morgan fingerprint density at radius 2 is 1.80 bits per heavy atom. The molecule has 0 spiro atoms. The smallest absolute Gasteiger partial charge is 0.137 e. The van der Waals surface area contributed by atoms with Gasteiger partial charge in [-0.15, -0.1) is 11.6 Å². The van der Waals surface area contributed by atoms with Crippen LogP contribution in [-0.2, 0) is 18.0 Å². The summed E-state index contributed by atoms with van der Waals surface area (Å²) in [6, 6.07) is 7.85. The van der Waals surface area contributed by atoms with Crippen molar-refractivity contribution in [3.05, 3.63) is 68.7 Å². The third-order valence-corrected chi connectivity index (χ3v) is 4.45. The van der Waals surface area contributed by atoms with Crippen molar-refractivity contribution in [2.45, 2.75) is 18.6 Å². The minimum Gasteiger partial charge on any atom is -0.372 e. The summed E-state index contributed by atoms with van der Waals surface area (Å²) in [5.41, 5.74) is 3.02. The standard InChI is InChI=1S/C15H10BrClF2O/c16-12-5-13(18)11(4-14(12)19)15(17)8-1-2-9-6-20-7-10(9)3-8/h1-5,15H,6-7H2. The SMILES string of the molecule is Fc1cc(C(Cl)c2ccc3c(c2)COC3)c(F)cc1Br. The first-order valence-corrected chi connectivity index (χ1v) is 7.27. The van der Waals surface area contributed by atoms with E-state index in [2.05, 4.69) is 15.9 Å². The Balaban J connectivity index is 2.00. The van der Waals surface area contributed by atoms with Crippen LogP contribution in [0, 0.1) is 11.6 Å². The van der Waals surface area contributed by atoms with Gasteiger partial charge in [-0.3, -0.25) is 0 Å². The van der Waals surface area contributed by atoms with Crippen LogP contribution in [0.4, 0.5) is 8.78 Å². The largest absolute Gasteiger partial charge is 0.372 e. The summed E-state index contributed by atoms with van der Waals surface area (Å²) in [4.78, 5) is 0. The lowest BCUT2D eigenvalue weighted by Gasteiger charge is -2.13. The van der Waals surface area contributed by atoms with Gasteiger partial charge < -0.3 is 4.74 Å². The van der Waals surface area contributed by atoms with Crippen molar-refractivity contribution in [1.82, 2.24) is 0 Å². The lowest BCUT2D eigenvalue weighted by atomic mass is 9.99. The van der Waals surface area contributed by atoms with Gasteiger partial charge >= 0.3 is 0 Å². The third-order valence-electron chi connectivity index (χ3n) is 3.35. The highest BCUT2D eigenvalue weighted by molar-refractivity contribution is 9.10. The lowest BCUT2D eigenvalue weighted by molar-refractivity contribution is 0.134. The molecule has 0 saturated heterocycles. The molecule has 1 heterocycles. The molecule has 1 nitrogen and oxygen atoms in total. The Morgan fingerprint density at radius 3 is 2.60 bits per heavy atom. The predicted molar refractivity (Wildman–Crippen MR) is 76.7 cm³/mol. The van der Waals surface area contributed by atoms with E-state index in [-0.39, 0.29) is 10.0 Å². The van der Waals surface area contributed by atoms with Crippen molar-refractivity contribution in [2.75, 3.05) is 0 Å². The van der Waals surface area contributed by atoms with Crippen LogP contribution in [-0.4, -0.2) is 0 Å². The van der Waals surface area contributed by atoms with Crippen LogP contribution in [0.2, 0.25) is 0 Å². The van der Waals surface area contributed by atoms with Crippen molar-refractivity contribution in [2.24, 2.45) is 0 Å². The van der Waals surface area contributed by atoms with Crippen LogP contribution in [0.5, 0.6) is 0 Å². The first-order chi connectivity index (χ1) is 9.56. The zero-order valence-electron chi connectivity index (χ0n) is 10.3. The van der Waals surface area contributed by atoms with Gasteiger partial charge in [-0.25, -0.2) is 8.78 Å². The van der Waals surface area contributed by atoms with E-state index >= 15 is 0 Å². The van der Waals surface area contributed by atoms with Crippen LogP contribution >= 0.6 is 27.5 Å². The zero-order chi connectivity index (χ0) is 14.3. The number of benzene rings is 2. The minimum absolute atomic E-state index is 0.0879. The molecule has 0 amide bonds. The molecule has 2 aromatic rings. The van der Waals surface area contributed by atoms with E-state index in [1.807, 2.05) is 18.2 Å². The van der Waals surface area contributed by atoms with E-state index in [0.29, 0.717) is 13.2 Å². The summed E-state index contributed by atoms with van der Waals surface area (Å²) in [7, 11) is 0. The van der Waals surface area contributed by atoms with Crippen molar-refractivity contribution in [3.8, 4) is 0 Å². The molecule has 0 fully saturated rings. The maximum Gasteiger partial charge on any atom is 0.137 e. The number of ether oxygens (including phenoxy) is 1. The summed E-state index contributed by atoms with van der Waals surface area (Å²) < 4.78 is 32.9. The monoisotopic (exact) mass is 358 g/mol. The fourth-order valence-corrected chi connectivity index (χ4v) is 2.88. The molecule has 1 aliphatic heterocycles. The Bertz CT molecular complexity index is 675. The second kappa shape index (κ2) is 5.43. The molecular weight excluding hydrogens is 350 g/mol. The maximum absolute atomic E-state index is 13.9. The molecule has 0 bridgehead atoms. The van der Waals surface area contributed by atoms with Crippen molar-refractivity contribution < 1.29 is 13.5 Å². The molecule has 2 aromatic carbocycles. The van der Waals surface area contributed by atoms with Gasteiger partial charge in [0.05, 0.1) is 23.1 Å². The number of alkyl halides is 1. The molecule has 3 rings (SSSR count). The Morgan fingerprint density at radius 1 is 1.05 bits per heavy atom. The Labute approximate surface area is 128 Å². The highest BCUT2D eigenvalue weighted by Crippen LogP contribution is 2.35. The van der Waals surface area contributed by atoms with Crippen molar-refractivity contribution in [1.29, 1.82) is 0 Å². The van der Waals surface area contributed by atoms with E-state index < -0.39 is 17.0 Å². The molecule has 1 aliphatic rings. The zero-order valence-corrected chi connectivity index (χ0v) is 12.6. The molecule has 0 saturated carbocycles. The van der Waals surface area contributed by atoms with E-state index in [9.17, 15) is 8.78 Å². The number of hydrogen-bond donors (Lipinski definition) is 0. The van der Waals surface area contributed by atoms with Crippen molar-refractivity contribution >= 4 is 27.5 Å². The highest BCUT2D eigenvalue weighted by Gasteiger charge is 2.20. The fourth-order valence-electron chi connectivity index (χ4n) is 2.26. The van der Waals surface area contributed by atoms with Gasteiger partial charge in [0.15, 0.2) is 0 Å². The van der Waals surface area contributed by atoms with E-state index in [4.69, 9.17) is 16.3 Å². The molecule has 0 N–H and O–H groups in total. The second-order valence-electron chi connectivity index (χ2n) is 4.67. The maximum atomic E-state index is 13.9. The third kappa shape index (κ3) is 2.48. The second-order valence-corrected chi connectivity index (χ2v) is 5.96. The van der Waals surface area contributed by atoms with Crippen LogP contribution in [0.25, 0.3) is 0 Å². The van der Waals surface area contributed by atoms with Gasteiger partial charge in [0.1, 0.15) is 11.6 Å². The highest BCUT2D eigenvalue weighted by atomic mass is 79.9. The summed E-state index contributed by atoms with van der Waals surface area (Å²) in [5.74, 6) is -1.06. The summed E-state index contributed by atoms with van der Waals surface area (Å²) in [6.07, 6.45) is 0. The van der Waals surface area contributed by atoms with Crippen molar-refractivity contribution in [3.63, 3.8) is 0 Å². The van der Waals surface area contributed by atoms with Crippen LogP contribution in [0.15, 0.2) is 34.8 Å². The van der Waals surface area contributed by atoms with Gasteiger partial charge in [0.25, 0.3) is 0 Å². The first-order valence-electron chi connectivity index (χ1n) is 6.04. The topological polar surface area (TPSA) is 9.23 Å². The fraction of sp³-hybridized carbons (Fsp3) is 0.200. The van der Waals surface area contributed by atoms with Gasteiger partial charge in [-0.2, -0.15) is 0 Å². The number of halogens is 4. The summed E-state index contributed by atoms with van der Waals surface area (Å²) in [5, 5.41) is -0.733. The van der Waals surface area contributed by atoms with E-state index in [1.165, 1.54) is 0 Å². The average molecular weight is 360 g/mol. The van der Waals surface area contributed by atoms with Gasteiger partial charge in [-0.1, -0.05) is 18.2 Å². The quantitative estimate of drug-likeness (QED) is 0.536. The normalized spacial score (nSPS) is 15.2. The van der Waals surface area contributed by atoms with Crippen LogP contribution in [0.3, 0.4) is 0 Å². The van der Waals surface area contributed by atoms with Gasteiger partial charge in [0.2, 0.25) is 0 Å². The van der Waals surface area contributed by atoms with Crippen LogP contribution in [0.1, 0.15) is 27.6 Å². The van der Waals surface area contributed by atoms with Gasteiger partial charge in [0, 0.05) is 5.56 Å². The summed E-state index contributed by atoms with van der Waals surface area (Å²) in [6.45, 7) is 1.12. The molecule has 20 heavy (non-hydrogen) atoms. The lowest BCUT2D eigenvalue weighted by Crippen LogP contribution is -2.00. The number of hydrogen-bond acceptors (Lipinski definition) is 1. The van der Waals surface area contributed by atoms with E-state index in [1.54, 1.807) is 0 Å². The molecule has 1 atom stereocenters. The van der Waals surface area contributed by atoms with Gasteiger partial charge in [-0.05, 0) is 44.8 Å². The molecule has 0 aliphatic carbocycles. The number of rotatable bonds is 2. The summed E-state index contributed by atoms with van der Waals surface area (Å²) >= 11 is 9.25. The molecule has 0 radical (unpaired) electrons. The molecule has 1 unspecified atom stereocenters. The average Bonchev–Trinajstić information content (AvgIpc) is 2.89. The Kier molecular flexibility index (Phi) is 3.80. The first kappa shape index (κ1) is 14.0. The predicted octanol–water partition coefficient (Wildman–Crippen LogP) is 5.09. The molecule has 0 aromatic heterocycles. The minimum atomic E-state index is -0.733. The number of fused-ring (bicyclic) bond motifs is 1. The molecule has 5 heteroatoms. The van der Waals surface area contributed by atoms with E-state index in [0.717, 1.165) is 28.8 Å². The Hall–Kier alpha value is -0.970. The molecular formula is C15H10BrClF2O. The molecule has 104 valence electrons. The van der Waals surface area contributed by atoms with Crippen LogP contribution < -0.4 is 0 Å².